The molecule has 2 fully saturated rings. The number of piperidine rings is 1. The number of hydrogen-bond donors (Lipinski definition) is 1. The zero-order chi connectivity index (χ0) is 21.8. The predicted octanol–water partition coefficient (Wildman–Crippen LogP) is 4.25. The average molecular weight is 423 g/mol. The maximum absolute atomic E-state index is 12.6. The van der Waals surface area contributed by atoms with Gasteiger partial charge in [0.15, 0.2) is 0 Å². The number of hydrogen-bond acceptors (Lipinski definition) is 4. The summed E-state index contributed by atoms with van der Waals surface area (Å²) in [6, 6.07) is 15.2. The van der Waals surface area contributed by atoms with E-state index in [4.69, 9.17) is 9.47 Å². The number of benzene rings is 2. The van der Waals surface area contributed by atoms with Gasteiger partial charge < -0.3 is 14.8 Å². The number of carbonyl (C=O) groups excluding carboxylic acids is 1. The van der Waals surface area contributed by atoms with Gasteiger partial charge in [-0.25, -0.2) is 0 Å². The first-order chi connectivity index (χ1) is 15.1. The minimum Gasteiger partial charge on any atom is -0.491 e. The van der Waals surface area contributed by atoms with Crippen molar-refractivity contribution in [1.29, 1.82) is 0 Å². The zero-order valence-electron chi connectivity index (χ0n) is 18.9. The number of methoxy groups -OCH3 is 1. The van der Waals surface area contributed by atoms with E-state index in [0.717, 1.165) is 30.7 Å². The molecule has 1 N–H and O–H groups in total. The van der Waals surface area contributed by atoms with Crippen molar-refractivity contribution >= 4 is 5.91 Å². The topological polar surface area (TPSA) is 50.8 Å². The highest BCUT2D eigenvalue weighted by atomic mass is 16.5. The molecule has 2 heterocycles. The summed E-state index contributed by atoms with van der Waals surface area (Å²) in [7, 11) is 1.69. The maximum atomic E-state index is 12.6. The Kier molecular flexibility index (Phi) is 6.93. The van der Waals surface area contributed by atoms with E-state index in [0.29, 0.717) is 25.3 Å². The third-order valence-electron chi connectivity index (χ3n) is 7.00. The molecule has 0 radical (unpaired) electrons. The van der Waals surface area contributed by atoms with Gasteiger partial charge in [0.05, 0.1) is 6.61 Å². The molecule has 2 aliphatic heterocycles. The van der Waals surface area contributed by atoms with Crippen molar-refractivity contribution in [3.05, 3.63) is 64.7 Å². The number of carbonyl (C=O) groups is 1. The second-order valence-corrected chi connectivity index (χ2v) is 8.88. The maximum Gasteiger partial charge on any atom is 0.251 e. The Bertz CT molecular complexity index is 885. The molecule has 5 nitrogen and oxygen atoms in total. The molecular formula is C26H34N2O3. The molecule has 0 spiro atoms. The monoisotopic (exact) mass is 422 g/mol. The molecule has 0 aliphatic carbocycles. The third-order valence-corrected chi connectivity index (χ3v) is 7.00. The molecule has 2 aromatic carbocycles. The Morgan fingerprint density at radius 1 is 1.00 bits per heavy atom. The van der Waals surface area contributed by atoms with Crippen molar-refractivity contribution < 1.29 is 14.3 Å². The number of ether oxygens (including phenoxy) is 2. The van der Waals surface area contributed by atoms with E-state index in [2.05, 4.69) is 36.2 Å². The molecule has 2 bridgehead atoms. The van der Waals surface area contributed by atoms with Gasteiger partial charge in [-0.3, -0.25) is 9.69 Å². The van der Waals surface area contributed by atoms with Crippen molar-refractivity contribution in [3.8, 4) is 5.75 Å². The van der Waals surface area contributed by atoms with Gasteiger partial charge in [0.25, 0.3) is 5.91 Å². The lowest BCUT2D eigenvalue weighted by atomic mass is 9.95. The van der Waals surface area contributed by atoms with Crippen molar-refractivity contribution in [3.63, 3.8) is 0 Å². The standard InChI is InChI=1S/C26H34N2O3/c1-18-19(2)25(31-14-13-30-3)12-9-21(18)17-28-23-10-11-24(28)16-22(15-23)27-26(29)20-7-5-4-6-8-20/h4-9,12,22-24H,10-11,13-17H2,1-3H3,(H,27,29). The Morgan fingerprint density at radius 3 is 2.39 bits per heavy atom. The van der Waals surface area contributed by atoms with Gasteiger partial charge in [-0.15, -0.1) is 0 Å². The molecule has 166 valence electrons. The van der Waals surface area contributed by atoms with E-state index in [9.17, 15) is 4.79 Å². The molecule has 0 aromatic heterocycles. The molecule has 2 atom stereocenters. The summed E-state index contributed by atoms with van der Waals surface area (Å²) in [5, 5.41) is 3.28. The summed E-state index contributed by atoms with van der Waals surface area (Å²) >= 11 is 0. The highest BCUT2D eigenvalue weighted by Gasteiger charge is 2.41. The van der Waals surface area contributed by atoms with E-state index in [1.54, 1.807) is 7.11 Å². The highest BCUT2D eigenvalue weighted by molar-refractivity contribution is 5.94. The van der Waals surface area contributed by atoms with Crippen LogP contribution >= 0.6 is 0 Å². The molecule has 0 saturated carbocycles. The first-order valence-electron chi connectivity index (χ1n) is 11.4. The van der Waals surface area contributed by atoms with E-state index in [1.807, 2.05) is 30.3 Å². The van der Waals surface area contributed by atoms with E-state index < -0.39 is 0 Å². The van der Waals surface area contributed by atoms with Crippen LogP contribution in [0.15, 0.2) is 42.5 Å². The minimum absolute atomic E-state index is 0.0500. The summed E-state index contributed by atoms with van der Waals surface area (Å²) in [4.78, 5) is 15.2. The number of nitrogens with one attached hydrogen (secondary N) is 1. The zero-order valence-corrected chi connectivity index (χ0v) is 18.9. The fourth-order valence-electron chi connectivity index (χ4n) is 5.12. The van der Waals surface area contributed by atoms with Crippen molar-refractivity contribution in [2.75, 3.05) is 20.3 Å². The predicted molar refractivity (Wildman–Crippen MR) is 123 cm³/mol. The second-order valence-electron chi connectivity index (χ2n) is 8.88. The van der Waals surface area contributed by atoms with Crippen LogP contribution in [0.1, 0.15) is 52.7 Å². The minimum atomic E-state index is 0.0500. The van der Waals surface area contributed by atoms with Crippen LogP contribution in [0.2, 0.25) is 0 Å². The highest BCUT2D eigenvalue weighted by Crippen LogP contribution is 2.38. The molecular weight excluding hydrogens is 388 g/mol. The number of nitrogens with zero attached hydrogens (tertiary/aromatic N) is 1. The van der Waals surface area contributed by atoms with E-state index in [-0.39, 0.29) is 11.9 Å². The Hall–Kier alpha value is -2.37. The quantitative estimate of drug-likeness (QED) is 0.646. The van der Waals surface area contributed by atoms with Crippen LogP contribution in [0.3, 0.4) is 0 Å². The molecule has 2 saturated heterocycles. The Morgan fingerprint density at radius 2 is 1.71 bits per heavy atom. The van der Waals surface area contributed by atoms with Crippen LogP contribution in [0.4, 0.5) is 0 Å². The summed E-state index contributed by atoms with van der Waals surface area (Å²) in [5.41, 5.74) is 4.65. The van der Waals surface area contributed by atoms with Crippen LogP contribution in [0.5, 0.6) is 5.75 Å². The second kappa shape index (κ2) is 9.84. The normalized spacial score (nSPS) is 23.0. The molecule has 2 aromatic rings. The summed E-state index contributed by atoms with van der Waals surface area (Å²) in [6.07, 6.45) is 4.51. The largest absolute Gasteiger partial charge is 0.491 e. The van der Waals surface area contributed by atoms with Crippen LogP contribution < -0.4 is 10.1 Å². The molecule has 31 heavy (non-hydrogen) atoms. The smallest absolute Gasteiger partial charge is 0.251 e. The molecule has 2 aliphatic rings. The van der Waals surface area contributed by atoms with Crippen LogP contribution in [-0.4, -0.2) is 49.3 Å². The lowest BCUT2D eigenvalue weighted by molar-refractivity contribution is 0.0827. The number of rotatable bonds is 8. The van der Waals surface area contributed by atoms with Gasteiger partial charge in [0, 0.05) is 37.3 Å². The first-order valence-corrected chi connectivity index (χ1v) is 11.4. The van der Waals surface area contributed by atoms with Gasteiger partial charge in [-0.1, -0.05) is 24.3 Å². The van der Waals surface area contributed by atoms with Gasteiger partial charge >= 0.3 is 0 Å². The van der Waals surface area contributed by atoms with Crippen molar-refractivity contribution in [1.82, 2.24) is 10.2 Å². The molecule has 4 rings (SSSR count). The van der Waals surface area contributed by atoms with Crippen LogP contribution in [0.25, 0.3) is 0 Å². The van der Waals surface area contributed by atoms with Gasteiger partial charge in [-0.05, 0) is 74.4 Å². The third kappa shape index (κ3) is 4.94. The Labute approximate surface area is 185 Å². The van der Waals surface area contributed by atoms with Crippen molar-refractivity contribution in [2.24, 2.45) is 0 Å². The summed E-state index contributed by atoms with van der Waals surface area (Å²) in [6.45, 7) is 6.48. The Balaban J connectivity index is 1.38. The lowest BCUT2D eigenvalue weighted by Gasteiger charge is -2.39. The van der Waals surface area contributed by atoms with E-state index in [1.165, 1.54) is 29.5 Å². The van der Waals surface area contributed by atoms with Crippen LogP contribution in [-0.2, 0) is 11.3 Å². The van der Waals surface area contributed by atoms with Gasteiger partial charge in [0.2, 0.25) is 0 Å². The summed E-state index contributed by atoms with van der Waals surface area (Å²) < 4.78 is 11.0. The molecule has 5 heteroatoms. The van der Waals surface area contributed by atoms with Gasteiger partial charge in [0.1, 0.15) is 12.4 Å². The molecule has 1 amide bonds. The van der Waals surface area contributed by atoms with Gasteiger partial charge in [-0.2, -0.15) is 0 Å². The fraction of sp³-hybridized carbons (Fsp3) is 0.500. The van der Waals surface area contributed by atoms with E-state index >= 15 is 0 Å². The van der Waals surface area contributed by atoms with Crippen molar-refractivity contribution in [2.45, 2.75) is 64.2 Å². The first kappa shape index (κ1) is 21.8. The lowest BCUT2D eigenvalue weighted by Crippen LogP contribution is -2.50. The number of amides is 1. The average Bonchev–Trinajstić information content (AvgIpc) is 3.01. The molecule has 2 unspecified atom stereocenters. The SMILES string of the molecule is COCCOc1ccc(CN2C3CCC2CC(NC(=O)c2ccccc2)C3)c(C)c1C. The van der Waals surface area contributed by atoms with Crippen LogP contribution in [0, 0.1) is 13.8 Å². The summed E-state index contributed by atoms with van der Waals surface area (Å²) in [5.74, 6) is 0.998. The number of fused-ring (bicyclic) bond motifs is 2. The fourth-order valence-corrected chi connectivity index (χ4v) is 5.12.